The maximum absolute atomic E-state index is 5.57. The van der Waals surface area contributed by atoms with Crippen LogP contribution in [0.25, 0.3) is 0 Å². The lowest BCUT2D eigenvalue weighted by Crippen LogP contribution is -2.24. The molecule has 0 aliphatic rings. The van der Waals surface area contributed by atoms with Gasteiger partial charge in [-0.3, -0.25) is 0 Å². The molecule has 3 nitrogen and oxygen atoms in total. The van der Waals surface area contributed by atoms with Crippen LogP contribution in [-0.4, -0.2) is 19.8 Å². The van der Waals surface area contributed by atoms with E-state index in [0.717, 1.165) is 28.9 Å². The number of nitrogens with one attached hydrogen (secondary N) is 1. The van der Waals surface area contributed by atoms with Crippen molar-refractivity contribution in [1.29, 1.82) is 0 Å². The van der Waals surface area contributed by atoms with Gasteiger partial charge in [0.15, 0.2) is 11.5 Å². The summed E-state index contributed by atoms with van der Waals surface area (Å²) in [6.45, 7) is 7.77. The third kappa shape index (κ3) is 4.18. The first-order valence-corrected chi connectivity index (χ1v) is 7.14. The summed E-state index contributed by atoms with van der Waals surface area (Å²) in [5.74, 6) is 1.54. The van der Waals surface area contributed by atoms with Crippen LogP contribution < -0.4 is 14.8 Å². The molecule has 0 amide bonds. The average molecular weight is 316 g/mol. The first-order chi connectivity index (χ1) is 8.62. The molecule has 0 fully saturated rings. The molecule has 1 unspecified atom stereocenters. The van der Waals surface area contributed by atoms with Gasteiger partial charge in [0.25, 0.3) is 0 Å². The molecule has 102 valence electrons. The first kappa shape index (κ1) is 15.3. The second-order valence-corrected chi connectivity index (χ2v) is 5.09. The van der Waals surface area contributed by atoms with Gasteiger partial charge in [0.05, 0.1) is 18.2 Å². The number of ether oxygens (including phenoxy) is 2. The minimum absolute atomic E-state index is 0.515. The zero-order valence-electron chi connectivity index (χ0n) is 11.5. The molecule has 1 aromatic rings. The van der Waals surface area contributed by atoms with E-state index in [1.54, 1.807) is 7.11 Å². The highest BCUT2D eigenvalue weighted by molar-refractivity contribution is 9.10. The van der Waals surface area contributed by atoms with Gasteiger partial charge in [-0.05, 0) is 53.9 Å². The molecule has 0 saturated carbocycles. The van der Waals surface area contributed by atoms with Crippen LogP contribution in [0, 0.1) is 0 Å². The lowest BCUT2D eigenvalue weighted by Gasteiger charge is -2.15. The molecule has 4 heteroatoms. The Labute approximate surface area is 118 Å². The van der Waals surface area contributed by atoms with E-state index in [4.69, 9.17) is 9.47 Å². The predicted octanol–water partition coefficient (Wildman–Crippen LogP) is 3.74. The summed E-state index contributed by atoms with van der Waals surface area (Å²) in [7, 11) is 1.66. The smallest absolute Gasteiger partial charge is 0.175 e. The Morgan fingerprint density at radius 1 is 1.33 bits per heavy atom. The fourth-order valence-corrected chi connectivity index (χ4v) is 2.20. The second-order valence-electron chi connectivity index (χ2n) is 4.23. The van der Waals surface area contributed by atoms with Crippen LogP contribution in [-0.2, 0) is 6.54 Å². The van der Waals surface area contributed by atoms with Crippen LogP contribution in [0.4, 0.5) is 0 Å². The van der Waals surface area contributed by atoms with E-state index in [0.29, 0.717) is 12.6 Å². The number of hydrogen-bond donors (Lipinski definition) is 1. The van der Waals surface area contributed by atoms with Gasteiger partial charge in [0, 0.05) is 12.6 Å². The summed E-state index contributed by atoms with van der Waals surface area (Å²) in [5.41, 5.74) is 1.18. The summed E-state index contributed by atoms with van der Waals surface area (Å²) in [4.78, 5) is 0. The summed E-state index contributed by atoms with van der Waals surface area (Å²) in [5, 5.41) is 3.46. The van der Waals surface area contributed by atoms with Crippen LogP contribution in [0.3, 0.4) is 0 Å². The highest BCUT2D eigenvalue weighted by Gasteiger charge is 2.11. The molecule has 0 aliphatic heterocycles. The topological polar surface area (TPSA) is 30.5 Å². The van der Waals surface area contributed by atoms with Crippen molar-refractivity contribution in [3.05, 3.63) is 22.2 Å². The lowest BCUT2D eigenvalue weighted by molar-refractivity contribution is 0.308. The van der Waals surface area contributed by atoms with Gasteiger partial charge in [-0.1, -0.05) is 6.92 Å². The van der Waals surface area contributed by atoms with E-state index in [1.165, 1.54) is 5.56 Å². The van der Waals surface area contributed by atoms with Crippen LogP contribution in [0.15, 0.2) is 16.6 Å². The van der Waals surface area contributed by atoms with Gasteiger partial charge in [0.1, 0.15) is 0 Å². The monoisotopic (exact) mass is 315 g/mol. The summed E-state index contributed by atoms with van der Waals surface area (Å²) in [6, 6.07) is 4.61. The molecule has 0 heterocycles. The zero-order chi connectivity index (χ0) is 13.5. The number of hydrogen-bond acceptors (Lipinski definition) is 3. The highest BCUT2D eigenvalue weighted by Crippen LogP contribution is 2.36. The molecule has 0 saturated heterocycles. The molecule has 18 heavy (non-hydrogen) atoms. The average Bonchev–Trinajstić information content (AvgIpc) is 2.38. The van der Waals surface area contributed by atoms with Crippen molar-refractivity contribution in [3.8, 4) is 11.5 Å². The van der Waals surface area contributed by atoms with E-state index < -0.39 is 0 Å². The number of halogens is 1. The highest BCUT2D eigenvalue weighted by atomic mass is 79.9. The van der Waals surface area contributed by atoms with E-state index in [1.807, 2.05) is 13.0 Å². The van der Waals surface area contributed by atoms with Gasteiger partial charge in [-0.25, -0.2) is 0 Å². The quantitative estimate of drug-likeness (QED) is 0.831. The van der Waals surface area contributed by atoms with Crippen molar-refractivity contribution in [2.24, 2.45) is 0 Å². The molecular formula is C14H22BrNO2. The second kappa shape index (κ2) is 7.64. The standard InChI is InChI=1S/C14H22BrNO2/c1-5-10(3)16-9-11-7-12(15)14(18-6-2)13(8-11)17-4/h7-8,10,16H,5-6,9H2,1-4H3. The maximum Gasteiger partial charge on any atom is 0.175 e. The van der Waals surface area contributed by atoms with Crippen LogP contribution in [0.5, 0.6) is 11.5 Å². The van der Waals surface area contributed by atoms with Crippen molar-refractivity contribution >= 4 is 15.9 Å². The molecule has 0 radical (unpaired) electrons. The molecule has 1 aromatic carbocycles. The fraction of sp³-hybridized carbons (Fsp3) is 0.571. The predicted molar refractivity (Wildman–Crippen MR) is 78.5 cm³/mol. The third-order valence-corrected chi connectivity index (χ3v) is 3.43. The van der Waals surface area contributed by atoms with Gasteiger partial charge >= 0.3 is 0 Å². The van der Waals surface area contributed by atoms with Crippen molar-refractivity contribution in [2.45, 2.75) is 39.8 Å². The van der Waals surface area contributed by atoms with Crippen molar-refractivity contribution in [1.82, 2.24) is 5.32 Å². The molecule has 1 N–H and O–H groups in total. The molecule has 0 aliphatic carbocycles. The van der Waals surface area contributed by atoms with Crippen molar-refractivity contribution in [3.63, 3.8) is 0 Å². The molecule has 1 atom stereocenters. The normalized spacial score (nSPS) is 12.3. The van der Waals surface area contributed by atoms with Gasteiger partial charge in [0.2, 0.25) is 0 Å². The minimum Gasteiger partial charge on any atom is -0.493 e. The van der Waals surface area contributed by atoms with E-state index in [2.05, 4.69) is 41.2 Å². The Bertz CT molecular complexity index is 382. The Morgan fingerprint density at radius 2 is 2.06 bits per heavy atom. The van der Waals surface area contributed by atoms with Crippen LogP contribution in [0.1, 0.15) is 32.8 Å². The molecule has 0 bridgehead atoms. The van der Waals surface area contributed by atoms with E-state index in [9.17, 15) is 0 Å². The molecule has 0 aromatic heterocycles. The van der Waals surface area contributed by atoms with Gasteiger partial charge < -0.3 is 14.8 Å². The molecular weight excluding hydrogens is 294 g/mol. The lowest BCUT2D eigenvalue weighted by atomic mass is 10.1. The third-order valence-electron chi connectivity index (χ3n) is 2.84. The molecule has 0 spiro atoms. The molecule has 1 rings (SSSR count). The zero-order valence-corrected chi connectivity index (χ0v) is 13.1. The number of methoxy groups -OCH3 is 1. The van der Waals surface area contributed by atoms with E-state index >= 15 is 0 Å². The fourth-order valence-electron chi connectivity index (χ4n) is 1.60. The Balaban J connectivity index is 2.85. The Hall–Kier alpha value is -0.740. The largest absolute Gasteiger partial charge is 0.493 e. The van der Waals surface area contributed by atoms with E-state index in [-0.39, 0.29) is 0 Å². The maximum atomic E-state index is 5.57. The Kier molecular flexibility index (Phi) is 6.50. The SMILES string of the molecule is CCOc1c(Br)cc(CNC(C)CC)cc1OC. The Morgan fingerprint density at radius 3 is 2.61 bits per heavy atom. The van der Waals surface area contributed by atoms with Crippen LogP contribution in [0.2, 0.25) is 0 Å². The van der Waals surface area contributed by atoms with Crippen molar-refractivity contribution in [2.75, 3.05) is 13.7 Å². The number of benzene rings is 1. The minimum atomic E-state index is 0.515. The number of rotatable bonds is 7. The summed E-state index contributed by atoms with van der Waals surface area (Å²) < 4.78 is 11.9. The van der Waals surface area contributed by atoms with Gasteiger partial charge in [-0.2, -0.15) is 0 Å². The van der Waals surface area contributed by atoms with Gasteiger partial charge in [-0.15, -0.1) is 0 Å². The van der Waals surface area contributed by atoms with Crippen LogP contribution >= 0.6 is 15.9 Å². The first-order valence-electron chi connectivity index (χ1n) is 6.34. The summed E-state index contributed by atoms with van der Waals surface area (Å²) in [6.07, 6.45) is 1.12. The summed E-state index contributed by atoms with van der Waals surface area (Å²) >= 11 is 3.53. The van der Waals surface area contributed by atoms with Crippen molar-refractivity contribution < 1.29 is 9.47 Å².